The van der Waals surface area contributed by atoms with Crippen LogP contribution in [0.25, 0.3) is 0 Å². The molecule has 0 aromatic carbocycles. The summed E-state index contributed by atoms with van der Waals surface area (Å²) >= 11 is 0.847. The van der Waals surface area contributed by atoms with Gasteiger partial charge in [0.15, 0.2) is 5.97 Å². The normalized spacial score (nSPS) is 8.20. The van der Waals surface area contributed by atoms with Crippen LogP contribution in [0.3, 0.4) is 0 Å². The van der Waals surface area contributed by atoms with E-state index < -0.39 is 5.97 Å². The summed E-state index contributed by atoms with van der Waals surface area (Å²) in [6, 6.07) is 0. The summed E-state index contributed by atoms with van der Waals surface area (Å²) in [4.78, 5) is 10.0. The first-order chi connectivity index (χ1) is 4.63. The van der Waals surface area contributed by atoms with Gasteiger partial charge in [-0.05, 0) is 5.92 Å². The van der Waals surface area contributed by atoms with Gasteiger partial charge in [0.05, 0.1) is 6.61 Å². The topological polar surface area (TPSA) is 26.3 Å². The Morgan fingerprint density at radius 1 is 1.70 bits per heavy atom. The summed E-state index contributed by atoms with van der Waals surface area (Å²) in [5, 5.41) is 0. The molecular formula is C6H11ClO2Zn. The third-order valence-corrected chi connectivity index (χ3v) is 0.578. The second kappa shape index (κ2) is 9.25. The van der Waals surface area contributed by atoms with Crippen molar-refractivity contribution >= 4 is 15.7 Å². The van der Waals surface area contributed by atoms with Gasteiger partial charge in [0, 0.05) is 0 Å². The average molecular weight is 216 g/mol. The van der Waals surface area contributed by atoms with Gasteiger partial charge in [-0.15, -0.1) is 0 Å². The van der Waals surface area contributed by atoms with Crippen molar-refractivity contribution in [3.63, 3.8) is 0 Å². The van der Waals surface area contributed by atoms with E-state index in [2.05, 4.69) is 11.7 Å². The quantitative estimate of drug-likeness (QED) is 0.399. The molecule has 0 atom stereocenters. The minimum atomic E-state index is -0.446. The molecule has 0 saturated carbocycles. The van der Waals surface area contributed by atoms with Gasteiger partial charge in [-0.1, -0.05) is 13.8 Å². The fourth-order valence-corrected chi connectivity index (χ4v) is 0.260. The second-order valence-electron chi connectivity index (χ2n) is 2.08. The molecule has 4 heteroatoms. The fraction of sp³-hybridized carbons (Fsp3) is 0.667. The van der Waals surface area contributed by atoms with Gasteiger partial charge in [-0.3, -0.25) is 11.7 Å². The van der Waals surface area contributed by atoms with Crippen molar-refractivity contribution in [2.45, 2.75) is 13.8 Å². The predicted octanol–water partition coefficient (Wildman–Crippen LogP) is 1.71. The Labute approximate surface area is 76.0 Å². The van der Waals surface area contributed by atoms with Crippen LogP contribution in [-0.4, -0.2) is 12.6 Å². The zero-order chi connectivity index (χ0) is 8.57. The number of hydrogen-bond donors (Lipinski definition) is 0. The molecular weight excluding hydrogens is 205 g/mol. The van der Waals surface area contributed by atoms with Gasteiger partial charge in [-0.25, -0.2) is 0 Å². The molecule has 0 bridgehead atoms. The van der Waals surface area contributed by atoms with Crippen LogP contribution >= 0.6 is 9.69 Å². The Morgan fingerprint density at radius 2 is 2.10 bits per heavy atom. The zero-order valence-corrected chi connectivity index (χ0v) is 10.1. The van der Waals surface area contributed by atoms with Crippen LogP contribution in [0, 0.1) is 12.8 Å². The monoisotopic (exact) mass is 214 g/mol. The zero-order valence-electron chi connectivity index (χ0n) is 6.39. The Morgan fingerprint density at radius 3 is 2.20 bits per heavy atom. The number of carbonyl (C=O) groups excluding carboxylic acids is 1. The predicted molar refractivity (Wildman–Crippen MR) is 37.0 cm³/mol. The van der Waals surface area contributed by atoms with Gasteiger partial charge < -0.3 is 4.74 Å². The van der Waals surface area contributed by atoms with Crippen molar-refractivity contribution in [2.75, 3.05) is 6.61 Å². The third-order valence-electron chi connectivity index (χ3n) is 0.578. The van der Waals surface area contributed by atoms with E-state index in [0.29, 0.717) is 12.5 Å². The summed E-state index contributed by atoms with van der Waals surface area (Å²) in [6.45, 7) is 7.47. The van der Waals surface area contributed by atoms with E-state index in [1.54, 1.807) is 0 Å². The maximum atomic E-state index is 10.0. The average Bonchev–Trinajstić information content (AvgIpc) is 1.89. The molecule has 0 amide bonds. The molecule has 0 aliphatic carbocycles. The Bertz CT molecular complexity index is 85.8. The van der Waals surface area contributed by atoms with Crippen molar-refractivity contribution in [2.24, 2.45) is 5.92 Å². The molecule has 0 rings (SSSR count). The molecule has 0 aliphatic heterocycles. The molecule has 0 N–H and O–H groups in total. The van der Waals surface area contributed by atoms with Crippen LogP contribution < -0.4 is 0 Å². The number of carbonyl (C=O) groups is 1. The van der Waals surface area contributed by atoms with Crippen molar-refractivity contribution in [1.82, 2.24) is 0 Å². The van der Waals surface area contributed by atoms with Gasteiger partial charge in [0.2, 0.25) is 0 Å². The van der Waals surface area contributed by atoms with Crippen LogP contribution in [0.4, 0.5) is 0 Å². The van der Waals surface area contributed by atoms with Crippen molar-refractivity contribution in [1.29, 1.82) is 0 Å². The van der Waals surface area contributed by atoms with E-state index in [0.717, 1.165) is 17.3 Å². The van der Waals surface area contributed by atoms with E-state index in [9.17, 15) is 4.79 Å². The van der Waals surface area contributed by atoms with Crippen LogP contribution in [0.2, 0.25) is 0 Å². The summed E-state index contributed by atoms with van der Waals surface area (Å²) in [6.07, 6.45) is 0. The first kappa shape index (κ1) is 12.9. The van der Waals surface area contributed by atoms with E-state index >= 15 is 0 Å². The van der Waals surface area contributed by atoms with Gasteiger partial charge in [0.25, 0.3) is 0 Å². The molecule has 0 heterocycles. The van der Waals surface area contributed by atoms with Crippen molar-refractivity contribution in [3.8, 4) is 0 Å². The molecule has 0 radical (unpaired) electrons. The van der Waals surface area contributed by atoms with Gasteiger partial charge in [0.1, 0.15) is 0 Å². The molecule has 2 nitrogen and oxygen atoms in total. The van der Waals surface area contributed by atoms with Crippen LogP contribution in [0.5, 0.6) is 0 Å². The standard InChI is InChI=1S/C6H11O2.ClH.Zn/c1-5(2)4-8-6(3)7;;/h5H,3-4H2,1-2H3;1H;/q-1;;+2/p-1. The molecule has 0 aliphatic rings. The van der Waals surface area contributed by atoms with Gasteiger partial charge in [-0.2, -0.15) is 0 Å². The van der Waals surface area contributed by atoms with Crippen molar-refractivity contribution < 1.29 is 26.8 Å². The summed E-state index contributed by atoms with van der Waals surface area (Å²) in [5.41, 5.74) is 0. The molecule has 56 valence electrons. The van der Waals surface area contributed by atoms with Crippen molar-refractivity contribution in [3.05, 3.63) is 6.92 Å². The summed E-state index contributed by atoms with van der Waals surface area (Å²) in [5.74, 6) is -0.0422. The van der Waals surface area contributed by atoms with E-state index in [1.807, 2.05) is 13.8 Å². The number of ether oxygens (including phenoxy) is 1. The molecule has 0 saturated heterocycles. The summed E-state index contributed by atoms with van der Waals surface area (Å²) < 4.78 is 4.55. The maximum absolute atomic E-state index is 10.0. The number of halogens is 1. The van der Waals surface area contributed by atoms with Crippen LogP contribution in [-0.2, 0) is 26.8 Å². The Balaban J connectivity index is 0. The Hall–Kier alpha value is 0.253. The molecule has 0 fully saturated rings. The minimum absolute atomic E-state index is 0.403. The molecule has 0 aromatic heterocycles. The molecule has 10 heavy (non-hydrogen) atoms. The molecule has 0 unspecified atom stereocenters. The first-order valence-electron chi connectivity index (χ1n) is 2.88. The van der Waals surface area contributed by atoms with Crippen LogP contribution in [0.1, 0.15) is 13.8 Å². The van der Waals surface area contributed by atoms with E-state index in [1.165, 1.54) is 0 Å². The number of esters is 1. The van der Waals surface area contributed by atoms with E-state index in [-0.39, 0.29) is 0 Å². The first-order valence-corrected chi connectivity index (χ1v) is 6.78. The SMILES string of the molecule is [CH2-]C(=O)OCC(C)C.[Cl][Zn+]. The molecule has 0 aromatic rings. The van der Waals surface area contributed by atoms with Crippen LogP contribution in [0.15, 0.2) is 0 Å². The fourth-order valence-electron chi connectivity index (χ4n) is 0.260. The van der Waals surface area contributed by atoms with Gasteiger partial charge >= 0.3 is 27.0 Å². The molecule has 0 spiro atoms. The van der Waals surface area contributed by atoms with E-state index in [4.69, 9.17) is 9.69 Å². The summed E-state index contributed by atoms with van der Waals surface area (Å²) in [7, 11) is 4.76. The third kappa shape index (κ3) is 15.7. The second-order valence-corrected chi connectivity index (χ2v) is 2.08. The Kier molecular flexibility index (Phi) is 11.9. The number of hydrogen-bond acceptors (Lipinski definition) is 2. The number of rotatable bonds is 2.